The standard InChI is InChI=1S/C17H18N4OS/c22-16-8-4-10-21(16)15-7-3-6-13(11-15)20-17(23)19-12-14-5-1-2-9-18-14/h1-3,5-7,9,11H,4,8,10,12H2,(H2,19,20,23). The van der Waals surface area contributed by atoms with E-state index in [0.29, 0.717) is 18.1 Å². The first-order chi connectivity index (χ1) is 11.2. The molecule has 118 valence electrons. The fraction of sp³-hybridized carbons (Fsp3) is 0.235. The van der Waals surface area contributed by atoms with Crippen molar-refractivity contribution in [2.75, 3.05) is 16.8 Å². The summed E-state index contributed by atoms with van der Waals surface area (Å²) in [7, 11) is 0. The minimum Gasteiger partial charge on any atom is -0.357 e. The van der Waals surface area contributed by atoms with Gasteiger partial charge in [-0.05, 0) is 49.0 Å². The molecule has 0 aliphatic carbocycles. The summed E-state index contributed by atoms with van der Waals surface area (Å²) in [6.45, 7) is 1.35. The molecule has 0 spiro atoms. The van der Waals surface area contributed by atoms with Crippen molar-refractivity contribution in [2.24, 2.45) is 0 Å². The van der Waals surface area contributed by atoms with Crippen molar-refractivity contribution in [3.8, 4) is 0 Å². The van der Waals surface area contributed by atoms with Crippen molar-refractivity contribution < 1.29 is 4.79 Å². The zero-order chi connectivity index (χ0) is 16.1. The molecule has 1 amide bonds. The van der Waals surface area contributed by atoms with Gasteiger partial charge >= 0.3 is 0 Å². The monoisotopic (exact) mass is 326 g/mol. The van der Waals surface area contributed by atoms with Gasteiger partial charge in [-0.1, -0.05) is 12.1 Å². The van der Waals surface area contributed by atoms with Gasteiger partial charge in [-0.15, -0.1) is 0 Å². The lowest BCUT2D eigenvalue weighted by molar-refractivity contribution is -0.117. The van der Waals surface area contributed by atoms with Gasteiger partial charge in [0.1, 0.15) is 0 Å². The average molecular weight is 326 g/mol. The Hall–Kier alpha value is -2.47. The fourth-order valence-electron chi connectivity index (χ4n) is 2.52. The SMILES string of the molecule is O=C1CCCN1c1cccc(NC(=S)NCc2ccccn2)c1. The van der Waals surface area contributed by atoms with Gasteiger partial charge in [0.05, 0.1) is 12.2 Å². The lowest BCUT2D eigenvalue weighted by Gasteiger charge is -2.17. The molecular formula is C17H18N4OS. The maximum absolute atomic E-state index is 11.8. The third-order valence-corrected chi connectivity index (χ3v) is 3.89. The van der Waals surface area contributed by atoms with E-state index >= 15 is 0 Å². The summed E-state index contributed by atoms with van der Waals surface area (Å²) in [4.78, 5) is 17.9. The van der Waals surface area contributed by atoms with Gasteiger partial charge in [0.15, 0.2) is 5.11 Å². The highest BCUT2D eigenvalue weighted by Crippen LogP contribution is 2.24. The lowest BCUT2D eigenvalue weighted by atomic mass is 10.2. The van der Waals surface area contributed by atoms with Crippen LogP contribution in [-0.4, -0.2) is 22.5 Å². The molecular weight excluding hydrogens is 308 g/mol. The third-order valence-electron chi connectivity index (χ3n) is 3.65. The minimum absolute atomic E-state index is 0.179. The van der Waals surface area contributed by atoms with Crippen LogP contribution in [0.2, 0.25) is 0 Å². The van der Waals surface area contributed by atoms with E-state index in [0.717, 1.165) is 30.0 Å². The van der Waals surface area contributed by atoms with Crippen LogP contribution < -0.4 is 15.5 Å². The average Bonchev–Trinajstić information content (AvgIpc) is 3.00. The number of rotatable bonds is 4. The van der Waals surface area contributed by atoms with E-state index in [1.54, 1.807) is 6.20 Å². The molecule has 6 heteroatoms. The molecule has 0 radical (unpaired) electrons. The van der Waals surface area contributed by atoms with Crippen LogP contribution in [0.4, 0.5) is 11.4 Å². The summed E-state index contributed by atoms with van der Waals surface area (Å²) in [6.07, 6.45) is 3.30. The van der Waals surface area contributed by atoms with Crippen molar-refractivity contribution in [2.45, 2.75) is 19.4 Å². The predicted octanol–water partition coefficient (Wildman–Crippen LogP) is 2.70. The number of hydrogen-bond acceptors (Lipinski definition) is 3. The number of pyridine rings is 1. The molecule has 1 aliphatic heterocycles. The molecule has 2 aromatic rings. The molecule has 1 aliphatic rings. The van der Waals surface area contributed by atoms with E-state index in [4.69, 9.17) is 12.2 Å². The van der Waals surface area contributed by atoms with Gasteiger partial charge in [-0.2, -0.15) is 0 Å². The van der Waals surface area contributed by atoms with E-state index < -0.39 is 0 Å². The third kappa shape index (κ3) is 4.04. The van der Waals surface area contributed by atoms with Crippen LogP contribution in [0.3, 0.4) is 0 Å². The van der Waals surface area contributed by atoms with Gasteiger partial charge in [0.2, 0.25) is 5.91 Å². The van der Waals surface area contributed by atoms with E-state index in [1.807, 2.05) is 47.4 Å². The molecule has 2 N–H and O–H groups in total. The zero-order valence-corrected chi connectivity index (χ0v) is 13.5. The number of benzene rings is 1. The highest BCUT2D eigenvalue weighted by atomic mass is 32.1. The first-order valence-electron chi connectivity index (χ1n) is 7.57. The van der Waals surface area contributed by atoms with Gasteiger partial charge < -0.3 is 15.5 Å². The molecule has 1 aromatic carbocycles. The Balaban J connectivity index is 1.59. The molecule has 1 aromatic heterocycles. The zero-order valence-electron chi connectivity index (χ0n) is 12.7. The molecule has 23 heavy (non-hydrogen) atoms. The summed E-state index contributed by atoms with van der Waals surface area (Å²) in [5, 5.41) is 6.80. The topological polar surface area (TPSA) is 57.3 Å². The number of carbonyl (C=O) groups excluding carboxylic acids is 1. The molecule has 1 fully saturated rings. The number of carbonyl (C=O) groups is 1. The van der Waals surface area contributed by atoms with Crippen molar-refractivity contribution in [1.29, 1.82) is 0 Å². The van der Waals surface area contributed by atoms with Crippen LogP contribution in [0.1, 0.15) is 18.5 Å². The van der Waals surface area contributed by atoms with Crippen LogP contribution in [0.25, 0.3) is 0 Å². The molecule has 0 atom stereocenters. The quantitative estimate of drug-likeness (QED) is 0.846. The minimum atomic E-state index is 0.179. The van der Waals surface area contributed by atoms with Gasteiger partial charge in [-0.25, -0.2) is 0 Å². The normalized spacial score (nSPS) is 13.9. The number of nitrogens with zero attached hydrogens (tertiary/aromatic N) is 2. The second kappa shape index (κ2) is 7.19. The molecule has 1 saturated heterocycles. The number of anilines is 2. The lowest BCUT2D eigenvalue weighted by Crippen LogP contribution is -2.28. The molecule has 0 bridgehead atoms. The Morgan fingerprint density at radius 1 is 1.26 bits per heavy atom. The molecule has 2 heterocycles. The van der Waals surface area contributed by atoms with Gasteiger partial charge in [0.25, 0.3) is 0 Å². The Bertz CT molecular complexity index is 705. The van der Waals surface area contributed by atoms with Crippen molar-refractivity contribution in [3.63, 3.8) is 0 Å². The number of aromatic nitrogens is 1. The highest BCUT2D eigenvalue weighted by molar-refractivity contribution is 7.80. The van der Waals surface area contributed by atoms with E-state index in [1.165, 1.54) is 0 Å². The number of amides is 1. The molecule has 3 rings (SSSR count). The van der Waals surface area contributed by atoms with Crippen LogP contribution in [-0.2, 0) is 11.3 Å². The van der Waals surface area contributed by atoms with Crippen molar-refractivity contribution in [3.05, 3.63) is 54.4 Å². The molecule has 0 unspecified atom stereocenters. The Kier molecular flexibility index (Phi) is 4.83. The maximum Gasteiger partial charge on any atom is 0.227 e. The first-order valence-corrected chi connectivity index (χ1v) is 7.98. The molecule has 0 saturated carbocycles. The van der Waals surface area contributed by atoms with E-state index in [2.05, 4.69) is 15.6 Å². The van der Waals surface area contributed by atoms with Crippen molar-refractivity contribution in [1.82, 2.24) is 10.3 Å². The molecule has 5 nitrogen and oxygen atoms in total. The number of thiocarbonyl (C=S) groups is 1. The second-order valence-corrected chi connectivity index (χ2v) is 5.74. The van der Waals surface area contributed by atoms with E-state index in [9.17, 15) is 4.79 Å². The fourth-order valence-corrected chi connectivity index (χ4v) is 2.71. The summed E-state index contributed by atoms with van der Waals surface area (Å²) >= 11 is 5.31. The summed E-state index contributed by atoms with van der Waals surface area (Å²) in [6, 6.07) is 13.5. The Labute approximate surface area is 140 Å². The highest BCUT2D eigenvalue weighted by Gasteiger charge is 2.21. The number of nitrogens with one attached hydrogen (secondary N) is 2. The smallest absolute Gasteiger partial charge is 0.227 e. The van der Waals surface area contributed by atoms with E-state index in [-0.39, 0.29) is 5.91 Å². The summed E-state index contributed by atoms with van der Waals surface area (Å²) in [5.41, 5.74) is 2.69. The van der Waals surface area contributed by atoms with Crippen LogP contribution in [0.5, 0.6) is 0 Å². The largest absolute Gasteiger partial charge is 0.357 e. The number of hydrogen-bond donors (Lipinski definition) is 2. The maximum atomic E-state index is 11.8. The summed E-state index contributed by atoms with van der Waals surface area (Å²) < 4.78 is 0. The Morgan fingerprint density at radius 2 is 2.17 bits per heavy atom. The van der Waals surface area contributed by atoms with Crippen LogP contribution in [0, 0.1) is 0 Å². The Morgan fingerprint density at radius 3 is 2.91 bits per heavy atom. The van der Waals surface area contributed by atoms with Crippen molar-refractivity contribution >= 4 is 34.6 Å². The van der Waals surface area contributed by atoms with Gasteiger partial charge in [0, 0.05) is 30.5 Å². The van der Waals surface area contributed by atoms with Crippen LogP contribution in [0.15, 0.2) is 48.7 Å². The predicted molar refractivity (Wildman–Crippen MR) is 95.3 cm³/mol. The van der Waals surface area contributed by atoms with Crippen LogP contribution >= 0.6 is 12.2 Å². The van der Waals surface area contributed by atoms with Gasteiger partial charge in [-0.3, -0.25) is 9.78 Å². The second-order valence-electron chi connectivity index (χ2n) is 5.33. The summed E-state index contributed by atoms with van der Waals surface area (Å²) in [5.74, 6) is 0.179. The first kappa shape index (κ1) is 15.4.